The molecule has 1 saturated carbocycles. The fourth-order valence-corrected chi connectivity index (χ4v) is 4.11. The van der Waals surface area contributed by atoms with Crippen molar-refractivity contribution in [3.63, 3.8) is 0 Å². The molecule has 0 atom stereocenters. The normalized spacial score (nSPS) is 17.4. The standard InChI is InChI=1S/C15H23NO3S/c1-15(2,3)11-8-9-14(17)13(10-11)16-20(18,19)12-6-4-5-7-12/h8-10,12,16-17H,4-7H2,1-3H3. The molecule has 0 bridgehead atoms. The van der Waals surface area contributed by atoms with E-state index in [0.29, 0.717) is 12.8 Å². The van der Waals surface area contributed by atoms with Gasteiger partial charge in [-0.05, 0) is 36.0 Å². The molecule has 0 spiro atoms. The van der Waals surface area contributed by atoms with E-state index in [1.165, 1.54) is 0 Å². The second-order valence-electron chi connectivity index (χ2n) is 6.54. The number of phenols is 1. The van der Waals surface area contributed by atoms with Crippen molar-refractivity contribution in [2.24, 2.45) is 0 Å². The first-order valence-electron chi connectivity index (χ1n) is 7.05. The number of phenolic OH excluding ortho intramolecular Hbond substituents is 1. The van der Waals surface area contributed by atoms with E-state index in [1.54, 1.807) is 12.1 Å². The third-order valence-electron chi connectivity index (χ3n) is 3.86. The van der Waals surface area contributed by atoms with Gasteiger partial charge in [-0.2, -0.15) is 0 Å². The number of sulfonamides is 1. The number of anilines is 1. The number of hydrogen-bond donors (Lipinski definition) is 2. The van der Waals surface area contributed by atoms with Gasteiger partial charge in [0, 0.05) is 0 Å². The minimum atomic E-state index is -3.41. The molecule has 5 heteroatoms. The Morgan fingerprint density at radius 3 is 2.35 bits per heavy atom. The van der Waals surface area contributed by atoms with Crippen molar-refractivity contribution in [1.29, 1.82) is 0 Å². The molecule has 0 aliphatic heterocycles. The predicted octanol–water partition coefficient (Wildman–Crippen LogP) is 3.37. The largest absolute Gasteiger partial charge is 0.506 e. The SMILES string of the molecule is CC(C)(C)c1ccc(O)c(NS(=O)(=O)C2CCCC2)c1. The number of hydrogen-bond acceptors (Lipinski definition) is 3. The lowest BCUT2D eigenvalue weighted by atomic mass is 9.87. The topological polar surface area (TPSA) is 66.4 Å². The van der Waals surface area contributed by atoms with Gasteiger partial charge in [0.1, 0.15) is 5.75 Å². The van der Waals surface area contributed by atoms with Gasteiger partial charge in [0.15, 0.2) is 0 Å². The zero-order valence-corrected chi connectivity index (χ0v) is 13.1. The summed E-state index contributed by atoms with van der Waals surface area (Å²) in [6, 6.07) is 5.09. The second kappa shape index (κ2) is 5.28. The molecule has 4 nitrogen and oxygen atoms in total. The van der Waals surface area contributed by atoms with Crippen molar-refractivity contribution in [1.82, 2.24) is 0 Å². The van der Waals surface area contributed by atoms with E-state index in [-0.39, 0.29) is 22.1 Å². The molecule has 0 heterocycles. The Bertz CT molecular complexity index is 582. The summed E-state index contributed by atoms with van der Waals surface area (Å²) in [5, 5.41) is 9.55. The van der Waals surface area contributed by atoms with Crippen LogP contribution < -0.4 is 4.72 Å². The van der Waals surface area contributed by atoms with Crippen molar-refractivity contribution in [2.45, 2.75) is 57.1 Å². The molecule has 0 radical (unpaired) electrons. The molecule has 1 aromatic rings. The Morgan fingerprint density at radius 2 is 1.80 bits per heavy atom. The van der Waals surface area contributed by atoms with Gasteiger partial charge in [-0.25, -0.2) is 8.42 Å². The van der Waals surface area contributed by atoms with Gasteiger partial charge in [0.25, 0.3) is 0 Å². The predicted molar refractivity (Wildman–Crippen MR) is 81.6 cm³/mol. The van der Waals surface area contributed by atoms with Gasteiger partial charge in [0.05, 0.1) is 10.9 Å². The van der Waals surface area contributed by atoms with Crippen LogP contribution in [0.15, 0.2) is 18.2 Å². The van der Waals surface area contributed by atoms with E-state index in [1.807, 2.05) is 6.07 Å². The Hall–Kier alpha value is -1.23. The summed E-state index contributed by atoms with van der Waals surface area (Å²) >= 11 is 0. The molecule has 1 aliphatic carbocycles. The highest BCUT2D eigenvalue weighted by Gasteiger charge is 2.29. The van der Waals surface area contributed by atoms with E-state index >= 15 is 0 Å². The molecule has 20 heavy (non-hydrogen) atoms. The molecule has 1 fully saturated rings. The zero-order chi connectivity index (χ0) is 15.0. The number of nitrogens with one attached hydrogen (secondary N) is 1. The van der Waals surface area contributed by atoms with Crippen LogP contribution in [0.4, 0.5) is 5.69 Å². The minimum absolute atomic E-state index is 0.0282. The molecule has 112 valence electrons. The monoisotopic (exact) mass is 297 g/mol. The van der Waals surface area contributed by atoms with Crippen LogP contribution in [0, 0.1) is 0 Å². The van der Waals surface area contributed by atoms with Crippen molar-refractivity contribution in [3.8, 4) is 5.75 Å². The quantitative estimate of drug-likeness (QED) is 0.841. The highest BCUT2D eigenvalue weighted by molar-refractivity contribution is 7.93. The summed E-state index contributed by atoms with van der Waals surface area (Å²) in [5.74, 6) is -0.0282. The molecular formula is C15H23NO3S. The van der Waals surface area contributed by atoms with E-state index in [4.69, 9.17) is 0 Å². The fraction of sp³-hybridized carbons (Fsp3) is 0.600. The average molecular weight is 297 g/mol. The summed E-state index contributed by atoms with van der Waals surface area (Å²) in [6.45, 7) is 6.15. The van der Waals surface area contributed by atoms with Crippen LogP contribution >= 0.6 is 0 Å². The maximum Gasteiger partial charge on any atom is 0.235 e. The number of rotatable bonds is 3. The van der Waals surface area contributed by atoms with Crippen LogP contribution in [-0.4, -0.2) is 18.8 Å². The van der Waals surface area contributed by atoms with Gasteiger partial charge < -0.3 is 5.11 Å². The van der Waals surface area contributed by atoms with E-state index in [9.17, 15) is 13.5 Å². The molecule has 1 aliphatic rings. The molecule has 0 amide bonds. The van der Waals surface area contributed by atoms with Crippen LogP contribution in [0.5, 0.6) is 5.75 Å². The minimum Gasteiger partial charge on any atom is -0.506 e. The molecular weight excluding hydrogens is 274 g/mol. The van der Waals surface area contributed by atoms with Crippen molar-refractivity contribution in [2.75, 3.05) is 4.72 Å². The Kier molecular flexibility index (Phi) is 4.00. The lowest BCUT2D eigenvalue weighted by Gasteiger charge is -2.21. The highest BCUT2D eigenvalue weighted by Crippen LogP contribution is 2.33. The van der Waals surface area contributed by atoms with E-state index in [0.717, 1.165) is 18.4 Å². The molecule has 2 rings (SSSR count). The van der Waals surface area contributed by atoms with Gasteiger partial charge in [0.2, 0.25) is 10.0 Å². The second-order valence-corrected chi connectivity index (χ2v) is 8.50. The summed E-state index contributed by atoms with van der Waals surface area (Å²) in [6.07, 6.45) is 3.32. The smallest absolute Gasteiger partial charge is 0.235 e. The molecule has 0 aromatic heterocycles. The zero-order valence-electron chi connectivity index (χ0n) is 12.3. The van der Waals surface area contributed by atoms with Crippen molar-refractivity contribution in [3.05, 3.63) is 23.8 Å². The van der Waals surface area contributed by atoms with Gasteiger partial charge in [-0.3, -0.25) is 4.72 Å². The van der Waals surface area contributed by atoms with E-state index in [2.05, 4.69) is 25.5 Å². The van der Waals surface area contributed by atoms with Gasteiger partial charge in [-0.1, -0.05) is 39.7 Å². The van der Waals surface area contributed by atoms with Crippen LogP contribution in [0.3, 0.4) is 0 Å². The first-order chi connectivity index (χ1) is 9.20. The lowest BCUT2D eigenvalue weighted by molar-refractivity contribution is 0.476. The molecule has 1 aromatic carbocycles. The third-order valence-corrected chi connectivity index (χ3v) is 5.71. The maximum absolute atomic E-state index is 12.3. The lowest BCUT2D eigenvalue weighted by Crippen LogP contribution is -2.25. The van der Waals surface area contributed by atoms with E-state index < -0.39 is 10.0 Å². The summed E-state index contributed by atoms with van der Waals surface area (Å²) < 4.78 is 27.1. The summed E-state index contributed by atoms with van der Waals surface area (Å²) in [5.41, 5.74) is 1.17. The van der Waals surface area contributed by atoms with Crippen LogP contribution in [0.1, 0.15) is 52.0 Å². The van der Waals surface area contributed by atoms with Crippen molar-refractivity contribution >= 4 is 15.7 Å². The molecule has 0 saturated heterocycles. The Labute approximate surface area is 121 Å². The molecule has 0 unspecified atom stereocenters. The number of aromatic hydroxyl groups is 1. The third kappa shape index (κ3) is 3.26. The van der Waals surface area contributed by atoms with Crippen LogP contribution in [-0.2, 0) is 15.4 Å². The first-order valence-corrected chi connectivity index (χ1v) is 8.60. The van der Waals surface area contributed by atoms with Crippen molar-refractivity contribution < 1.29 is 13.5 Å². The Morgan fingerprint density at radius 1 is 1.20 bits per heavy atom. The van der Waals surface area contributed by atoms with Crippen LogP contribution in [0.25, 0.3) is 0 Å². The first kappa shape index (κ1) is 15.2. The maximum atomic E-state index is 12.3. The number of benzene rings is 1. The summed E-state index contributed by atoms with van der Waals surface area (Å²) in [7, 11) is -3.41. The fourth-order valence-electron chi connectivity index (χ4n) is 2.52. The summed E-state index contributed by atoms with van der Waals surface area (Å²) in [4.78, 5) is 0. The van der Waals surface area contributed by atoms with Gasteiger partial charge in [-0.15, -0.1) is 0 Å². The molecule has 2 N–H and O–H groups in total. The average Bonchev–Trinajstić information content (AvgIpc) is 2.84. The van der Waals surface area contributed by atoms with Crippen LogP contribution in [0.2, 0.25) is 0 Å². The van der Waals surface area contributed by atoms with Gasteiger partial charge >= 0.3 is 0 Å². The highest BCUT2D eigenvalue weighted by atomic mass is 32.2. The Balaban J connectivity index is 2.29.